The first-order chi connectivity index (χ1) is 12.2. The van der Waals surface area contributed by atoms with Gasteiger partial charge in [-0.3, -0.25) is 0 Å². The molecule has 0 radical (unpaired) electrons. The predicted molar refractivity (Wildman–Crippen MR) is 97.9 cm³/mol. The van der Waals surface area contributed by atoms with Crippen molar-refractivity contribution in [1.29, 1.82) is 0 Å². The molecule has 1 amide bonds. The van der Waals surface area contributed by atoms with Crippen LogP contribution in [0, 0.1) is 11.1 Å². The van der Waals surface area contributed by atoms with Crippen LogP contribution in [0.15, 0.2) is 54.6 Å². The van der Waals surface area contributed by atoms with Gasteiger partial charge in [0.05, 0.1) is 0 Å². The van der Waals surface area contributed by atoms with Gasteiger partial charge in [0, 0.05) is 0 Å². The number of ether oxygens (including phenoxy) is 1. The normalized spacial score (nSPS) is 24.5. The van der Waals surface area contributed by atoms with Gasteiger partial charge < -0.3 is 0 Å². The van der Waals surface area contributed by atoms with Crippen molar-refractivity contribution in [2.45, 2.75) is 17.4 Å². The molecule has 0 saturated carbocycles. The molecule has 128 valence electrons. The number of hydrogen-bond acceptors (Lipinski definition) is 3. The average Bonchev–Trinajstić information content (AvgIpc) is 2.93. The van der Waals surface area contributed by atoms with Crippen molar-refractivity contribution in [3.05, 3.63) is 59.8 Å². The zero-order chi connectivity index (χ0) is 17.4. The van der Waals surface area contributed by atoms with Crippen molar-refractivity contribution in [2.75, 3.05) is 12.0 Å². The van der Waals surface area contributed by atoms with E-state index in [1.54, 1.807) is 18.2 Å². The van der Waals surface area contributed by atoms with E-state index in [1.807, 2.05) is 42.5 Å². The standard InChI is InChI=1S/C19H18N2O3Se/c1-24-14-9-7-13(8-10-14)21-16-11-20(23)17(18(16)19(21)22)12-25-15-5-3-2-4-6-15/h2-11,16-18H,12H2,1H3/t16-,17+,18-/m1/s1. The van der Waals surface area contributed by atoms with Gasteiger partial charge in [0.1, 0.15) is 0 Å². The quantitative estimate of drug-likeness (QED) is 0.330. The van der Waals surface area contributed by atoms with E-state index in [2.05, 4.69) is 12.1 Å². The van der Waals surface area contributed by atoms with Crippen LogP contribution >= 0.6 is 0 Å². The van der Waals surface area contributed by atoms with Crippen LogP contribution in [-0.4, -0.2) is 51.0 Å². The molecule has 25 heavy (non-hydrogen) atoms. The minimum absolute atomic E-state index is 0.0404. The number of methoxy groups -OCH3 is 1. The number of nitrogens with zero attached hydrogens (tertiary/aromatic N) is 2. The fourth-order valence-electron chi connectivity index (χ4n) is 3.42. The molecule has 1 fully saturated rings. The maximum absolute atomic E-state index is 12.7. The number of rotatable bonds is 5. The van der Waals surface area contributed by atoms with Crippen LogP contribution in [0.5, 0.6) is 5.75 Å². The Bertz CT molecular complexity index is 807. The van der Waals surface area contributed by atoms with Gasteiger partial charge in [0.15, 0.2) is 0 Å². The molecule has 2 aliphatic rings. The molecule has 0 aliphatic carbocycles. The van der Waals surface area contributed by atoms with Crippen molar-refractivity contribution < 1.29 is 14.3 Å². The van der Waals surface area contributed by atoms with E-state index in [-0.39, 0.29) is 38.9 Å². The third-order valence-electron chi connectivity index (χ3n) is 4.74. The van der Waals surface area contributed by atoms with Crippen LogP contribution in [-0.2, 0) is 4.79 Å². The van der Waals surface area contributed by atoms with Crippen molar-refractivity contribution >= 4 is 37.2 Å². The van der Waals surface area contributed by atoms with Gasteiger partial charge in [-0.1, -0.05) is 0 Å². The summed E-state index contributed by atoms with van der Waals surface area (Å²) in [6.45, 7) is 0. The maximum atomic E-state index is 12.7. The van der Waals surface area contributed by atoms with Crippen molar-refractivity contribution in [2.24, 2.45) is 5.92 Å². The van der Waals surface area contributed by atoms with Gasteiger partial charge in [0.25, 0.3) is 0 Å². The molecule has 0 unspecified atom stereocenters. The molecule has 0 N–H and O–H groups in total. The molecule has 0 aromatic heterocycles. The van der Waals surface area contributed by atoms with E-state index < -0.39 is 0 Å². The fourth-order valence-corrected chi connectivity index (χ4v) is 5.66. The Hall–Kier alpha value is -2.30. The van der Waals surface area contributed by atoms with E-state index in [4.69, 9.17) is 4.74 Å². The van der Waals surface area contributed by atoms with E-state index in [1.165, 1.54) is 4.46 Å². The third-order valence-corrected chi connectivity index (χ3v) is 7.08. The summed E-state index contributed by atoms with van der Waals surface area (Å²) in [6.07, 6.45) is 1.65. The topological polar surface area (TPSA) is 55.6 Å². The summed E-state index contributed by atoms with van der Waals surface area (Å²) in [6, 6.07) is 17.2. The zero-order valence-corrected chi connectivity index (χ0v) is 15.5. The molecule has 5 nitrogen and oxygen atoms in total. The number of benzene rings is 2. The van der Waals surface area contributed by atoms with E-state index >= 15 is 0 Å². The van der Waals surface area contributed by atoms with Crippen LogP contribution in [0.2, 0.25) is 5.32 Å². The number of anilines is 1. The fraction of sp³-hybridized carbons (Fsp3) is 0.263. The number of β-lactam (4-membered cyclic amide) rings is 1. The summed E-state index contributed by atoms with van der Waals surface area (Å²) >= 11 is 0.193. The van der Waals surface area contributed by atoms with E-state index in [0.717, 1.165) is 21.5 Å². The number of fused-ring (bicyclic) bond motifs is 1. The Kier molecular flexibility index (Phi) is 4.23. The Labute approximate surface area is 152 Å². The number of amides is 1. The minimum atomic E-state index is -0.243. The molecule has 1 saturated heterocycles. The summed E-state index contributed by atoms with van der Waals surface area (Å²) in [5.41, 5.74) is 0.811. The van der Waals surface area contributed by atoms with Crippen molar-refractivity contribution in [3.63, 3.8) is 0 Å². The van der Waals surface area contributed by atoms with Crippen molar-refractivity contribution in [3.8, 4) is 5.75 Å². The molecule has 2 heterocycles. The SMILES string of the molecule is COc1ccc(N2C(=O)[C@@H]3[C@H]2C=[N+]([O-])[C@H]3C[Se]c2ccccc2)cc1. The van der Waals surface area contributed by atoms with Gasteiger partial charge in [-0.05, 0) is 0 Å². The molecule has 0 bridgehead atoms. The Morgan fingerprint density at radius 2 is 1.88 bits per heavy atom. The first-order valence-corrected chi connectivity index (χ1v) is 10.2. The Morgan fingerprint density at radius 3 is 2.56 bits per heavy atom. The molecular formula is C19H18N2O3Se. The van der Waals surface area contributed by atoms with Gasteiger partial charge in [-0.2, -0.15) is 0 Å². The predicted octanol–water partition coefficient (Wildman–Crippen LogP) is 1.44. The second-order valence-corrected chi connectivity index (χ2v) is 8.42. The second kappa shape index (κ2) is 6.54. The van der Waals surface area contributed by atoms with E-state index in [0.29, 0.717) is 0 Å². The number of carbonyl (C=O) groups is 1. The van der Waals surface area contributed by atoms with Gasteiger partial charge >= 0.3 is 152 Å². The first-order valence-electron chi connectivity index (χ1n) is 8.14. The summed E-state index contributed by atoms with van der Waals surface area (Å²) in [7, 11) is 1.61. The zero-order valence-electron chi connectivity index (χ0n) is 13.7. The molecule has 3 atom stereocenters. The van der Waals surface area contributed by atoms with Crippen LogP contribution in [0.1, 0.15) is 0 Å². The average molecular weight is 401 g/mol. The molecule has 6 heteroatoms. The Balaban J connectivity index is 1.47. The molecule has 2 aromatic rings. The number of hydrogen-bond donors (Lipinski definition) is 0. The summed E-state index contributed by atoms with van der Waals surface area (Å²) in [5.74, 6) is 0.571. The first kappa shape index (κ1) is 16.2. The summed E-state index contributed by atoms with van der Waals surface area (Å²) < 4.78 is 7.41. The summed E-state index contributed by atoms with van der Waals surface area (Å²) in [4.78, 5) is 14.4. The van der Waals surface area contributed by atoms with Gasteiger partial charge in [-0.25, -0.2) is 0 Å². The number of carbonyl (C=O) groups excluding carboxylic acids is 1. The molecule has 4 rings (SSSR count). The third kappa shape index (κ3) is 2.81. The molecule has 0 spiro atoms. The van der Waals surface area contributed by atoms with Crippen molar-refractivity contribution in [1.82, 2.24) is 0 Å². The second-order valence-electron chi connectivity index (χ2n) is 6.12. The number of hydroxylamine groups is 1. The Morgan fingerprint density at radius 1 is 1.16 bits per heavy atom. The molecule has 2 aromatic carbocycles. The monoisotopic (exact) mass is 402 g/mol. The van der Waals surface area contributed by atoms with Crippen LogP contribution in [0.3, 0.4) is 0 Å². The molecular weight excluding hydrogens is 383 g/mol. The van der Waals surface area contributed by atoms with Crippen LogP contribution in [0.4, 0.5) is 5.69 Å². The van der Waals surface area contributed by atoms with Crippen LogP contribution in [0.25, 0.3) is 0 Å². The molecule has 2 aliphatic heterocycles. The van der Waals surface area contributed by atoms with E-state index in [9.17, 15) is 10.0 Å². The van der Waals surface area contributed by atoms with Gasteiger partial charge in [0.2, 0.25) is 0 Å². The van der Waals surface area contributed by atoms with Gasteiger partial charge in [-0.15, -0.1) is 0 Å². The van der Waals surface area contributed by atoms with Crippen LogP contribution < -0.4 is 14.1 Å². The summed E-state index contributed by atoms with van der Waals surface area (Å²) in [5, 5.41) is 13.1.